The molecule has 0 aromatic carbocycles. The first-order chi connectivity index (χ1) is 15.7. The number of rotatable bonds is 1. The van der Waals surface area contributed by atoms with Crippen molar-refractivity contribution in [2.45, 2.75) is 113 Å². The van der Waals surface area contributed by atoms with E-state index in [1.54, 1.807) is 12.7 Å². The van der Waals surface area contributed by atoms with Crippen LogP contribution in [0.1, 0.15) is 113 Å². The Morgan fingerprint density at radius 2 is 1.59 bits per heavy atom. The number of allylic oxidation sites excluding steroid dienone is 2. The molecule has 190 valence electrons. The second-order valence-electron chi connectivity index (χ2n) is 14.9. The van der Waals surface area contributed by atoms with Crippen LogP contribution in [0.25, 0.3) is 0 Å². The van der Waals surface area contributed by atoms with Crippen molar-refractivity contribution in [3.8, 4) is 0 Å². The van der Waals surface area contributed by atoms with E-state index < -0.39 is 0 Å². The normalized spacial score (nSPS) is 51.8. The molecule has 0 unspecified atom stereocenters. The molecular formula is C31H48O3. The van der Waals surface area contributed by atoms with Crippen molar-refractivity contribution in [1.29, 1.82) is 0 Å². The highest BCUT2D eigenvalue weighted by Crippen LogP contribution is 2.75. The molecule has 0 amide bonds. The zero-order valence-electron chi connectivity index (χ0n) is 23.1. The number of methoxy groups -OCH3 is 1. The Morgan fingerprint density at radius 3 is 2.26 bits per heavy atom. The summed E-state index contributed by atoms with van der Waals surface area (Å²) in [5.74, 6) is 2.04. The molecule has 0 aliphatic heterocycles. The topological polar surface area (TPSA) is 43.4 Å². The zero-order chi connectivity index (χ0) is 24.9. The standard InChI is InChI=1S/C31H48O3/c1-26(2)22-11-14-31(7)23(29(22,5)13-12-24(26)32)10-9-20-21-19-28(4,25(33)34-8)16-15-27(21,3)17-18-30(20,31)6/h9,21-23H,10-19H2,1-8H3/t21-,22-,23+,27+,28+,29-,30+,31+/m0/s1. The fourth-order valence-electron chi connectivity index (χ4n) is 10.6. The van der Waals surface area contributed by atoms with Crippen molar-refractivity contribution < 1.29 is 14.3 Å². The van der Waals surface area contributed by atoms with Crippen LogP contribution in [0.5, 0.6) is 0 Å². The van der Waals surface area contributed by atoms with Crippen LogP contribution >= 0.6 is 0 Å². The molecule has 0 radical (unpaired) electrons. The number of esters is 1. The van der Waals surface area contributed by atoms with Gasteiger partial charge in [-0.05, 0) is 104 Å². The van der Waals surface area contributed by atoms with E-state index in [4.69, 9.17) is 4.74 Å². The molecule has 0 N–H and O–H groups in total. The molecule has 0 bridgehead atoms. The highest BCUT2D eigenvalue weighted by atomic mass is 16.5. The van der Waals surface area contributed by atoms with E-state index in [0.29, 0.717) is 29.0 Å². The molecule has 0 spiro atoms. The van der Waals surface area contributed by atoms with E-state index >= 15 is 0 Å². The summed E-state index contributed by atoms with van der Waals surface area (Å²) in [6.07, 6.45) is 13.5. The smallest absolute Gasteiger partial charge is 0.311 e. The summed E-state index contributed by atoms with van der Waals surface area (Å²) in [5.41, 5.74) is 2.05. The maximum Gasteiger partial charge on any atom is 0.311 e. The summed E-state index contributed by atoms with van der Waals surface area (Å²) in [4.78, 5) is 25.7. The van der Waals surface area contributed by atoms with E-state index in [1.165, 1.54) is 25.7 Å². The fourth-order valence-corrected chi connectivity index (χ4v) is 10.6. The number of hydrogen-bond acceptors (Lipinski definition) is 3. The van der Waals surface area contributed by atoms with Gasteiger partial charge in [-0.1, -0.05) is 53.2 Å². The van der Waals surface area contributed by atoms with Gasteiger partial charge in [-0.3, -0.25) is 9.59 Å². The van der Waals surface area contributed by atoms with Gasteiger partial charge in [0.05, 0.1) is 12.5 Å². The first kappa shape index (κ1) is 24.6. The maximum absolute atomic E-state index is 12.9. The quantitative estimate of drug-likeness (QED) is 0.295. The minimum Gasteiger partial charge on any atom is -0.469 e. The monoisotopic (exact) mass is 468 g/mol. The molecule has 5 rings (SSSR count). The molecule has 3 nitrogen and oxygen atoms in total. The molecule has 3 heteroatoms. The molecule has 4 saturated carbocycles. The van der Waals surface area contributed by atoms with Gasteiger partial charge < -0.3 is 4.74 Å². The molecule has 0 heterocycles. The Hall–Kier alpha value is -1.12. The SMILES string of the molecule is COC(=O)[C@]1(C)CC[C@]2(C)CC[C@]3(C)C(=CC[C@@H]4[C@@]5(C)CCC(=O)C(C)(C)[C@@H]5CC[C@]43C)[C@@H]2C1. The van der Waals surface area contributed by atoms with Crippen molar-refractivity contribution in [2.75, 3.05) is 7.11 Å². The third kappa shape index (κ3) is 2.88. The first-order valence-electron chi connectivity index (χ1n) is 14.0. The maximum atomic E-state index is 12.9. The lowest BCUT2D eigenvalue weighted by molar-refractivity contribution is -0.185. The fraction of sp³-hybridized carbons (Fsp3) is 0.871. The highest BCUT2D eigenvalue weighted by Gasteiger charge is 2.68. The van der Waals surface area contributed by atoms with Gasteiger partial charge in [0, 0.05) is 11.8 Å². The molecule has 0 saturated heterocycles. The molecule has 5 aliphatic rings. The molecule has 0 aromatic rings. The van der Waals surface area contributed by atoms with Crippen molar-refractivity contribution in [2.24, 2.45) is 50.2 Å². The van der Waals surface area contributed by atoms with E-state index in [1.807, 2.05) is 0 Å². The van der Waals surface area contributed by atoms with E-state index in [9.17, 15) is 9.59 Å². The first-order valence-corrected chi connectivity index (χ1v) is 14.0. The second-order valence-corrected chi connectivity index (χ2v) is 14.9. The lowest BCUT2D eigenvalue weighted by Gasteiger charge is -2.70. The summed E-state index contributed by atoms with van der Waals surface area (Å²) in [6.45, 7) is 16.8. The molecule has 4 fully saturated rings. The predicted octanol–water partition coefficient (Wildman–Crippen LogP) is 7.53. The van der Waals surface area contributed by atoms with Crippen LogP contribution in [0.2, 0.25) is 0 Å². The summed E-state index contributed by atoms with van der Waals surface area (Å²) >= 11 is 0. The van der Waals surface area contributed by atoms with Crippen molar-refractivity contribution >= 4 is 11.8 Å². The highest BCUT2D eigenvalue weighted by molar-refractivity contribution is 5.85. The number of hydrogen-bond donors (Lipinski definition) is 0. The Morgan fingerprint density at radius 1 is 0.912 bits per heavy atom. The van der Waals surface area contributed by atoms with Crippen LogP contribution < -0.4 is 0 Å². The Bertz CT molecular complexity index is 946. The summed E-state index contributed by atoms with van der Waals surface area (Å²) < 4.78 is 5.29. The van der Waals surface area contributed by atoms with Gasteiger partial charge in [-0.2, -0.15) is 0 Å². The Labute approximate surface area is 207 Å². The van der Waals surface area contributed by atoms with Gasteiger partial charge in [0.15, 0.2) is 0 Å². The van der Waals surface area contributed by atoms with Gasteiger partial charge in [0.25, 0.3) is 0 Å². The molecule has 8 atom stereocenters. The summed E-state index contributed by atoms with van der Waals surface area (Å²) in [6, 6.07) is 0. The lowest BCUT2D eigenvalue weighted by Crippen LogP contribution is -2.64. The van der Waals surface area contributed by atoms with Gasteiger partial charge in [-0.25, -0.2) is 0 Å². The average molecular weight is 469 g/mol. The molecule has 0 aromatic heterocycles. The van der Waals surface area contributed by atoms with Crippen LogP contribution in [-0.4, -0.2) is 18.9 Å². The van der Waals surface area contributed by atoms with E-state index in [-0.39, 0.29) is 33.0 Å². The Kier molecular flexibility index (Phi) is 5.22. The Balaban J connectivity index is 1.56. The largest absolute Gasteiger partial charge is 0.469 e. The molecular weight excluding hydrogens is 420 g/mol. The van der Waals surface area contributed by atoms with Crippen LogP contribution in [0.4, 0.5) is 0 Å². The van der Waals surface area contributed by atoms with Gasteiger partial charge >= 0.3 is 5.97 Å². The number of carbonyl (C=O) groups is 2. The van der Waals surface area contributed by atoms with Crippen molar-refractivity contribution in [3.63, 3.8) is 0 Å². The second kappa shape index (κ2) is 7.22. The van der Waals surface area contributed by atoms with E-state index in [2.05, 4.69) is 54.5 Å². The lowest BCUT2D eigenvalue weighted by atomic mass is 9.33. The summed E-state index contributed by atoms with van der Waals surface area (Å²) in [5, 5.41) is 0. The van der Waals surface area contributed by atoms with Crippen molar-refractivity contribution in [3.05, 3.63) is 11.6 Å². The number of fused-ring (bicyclic) bond motifs is 7. The third-order valence-electron chi connectivity index (χ3n) is 13.3. The average Bonchev–Trinajstić information content (AvgIpc) is 2.77. The minimum absolute atomic E-state index is 0.0237. The van der Waals surface area contributed by atoms with Gasteiger partial charge in [0.2, 0.25) is 0 Å². The van der Waals surface area contributed by atoms with Gasteiger partial charge in [-0.15, -0.1) is 0 Å². The van der Waals surface area contributed by atoms with Crippen molar-refractivity contribution in [1.82, 2.24) is 0 Å². The summed E-state index contributed by atoms with van der Waals surface area (Å²) in [7, 11) is 1.55. The number of ketones is 1. The van der Waals surface area contributed by atoms with Gasteiger partial charge in [0.1, 0.15) is 5.78 Å². The van der Waals surface area contributed by atoms with E-state index in [0.717, 1.165) is 38.5 Å². The third-order valence-corrected chi connectivity index (χ3v) is 13.3. The minimum atomic E-state index is -0.368. The molecule has 5 aliphatic carbocycles. The van der Waals surface area contributed by atoms with Crippen LogP contribution in [0.3, 0.4) is 0 Å². The van der Waals surface area contributed by atoms with Crippen LogP contribution in [-0.2, 0) is 14.3 Å². The number of Topliss-reactive ketones (excluding diaryl/α,β-unsaturated/α-hetero) is 1. The zero-order valence-corrected chi connectivity index (χ0v) is 23.1. The predicted molar refractivity (Wildman–Crippen MR) is 136 cm³/mol. The number of ether oxygens (including phenoxy) is 1. The molecule has 34 heavy (non-hydrogen) atoms. The number of carbonyl (C=O) groups excluding carboxylic acids is 2. The van der Waals surface area contributed by atoms with Crippen LogP contribution in [0, 0.1) is 50.2 Å². The van der Waals surface area contributed by atoms with Crippen LogP contribution in [0.15, 0.2) is 11.6 Å².